The molecule has 0 saturated carbocycles. The molecule has 2 rings (SSSR count). The Morgan fingerprint density at radius 2 is 2.11 bits per heavy atom. The van der Waals surface area contributed by atoms with Gasteiger partial charge in [-0.15, -0.1) is 0 Å². The number of hydrogen-bond acceptors (Lipinski definition) is 3. The SMILES string of the molecule is O=[N+]([O-])C1(OCc2ccccc2)C=C(F)C=CC1. The van der Waals surface area contributed by atoms with Gasteiger partial charge in [-0.1, -0.05) is 36.4 Å². The van der Waals surface area contributed by atoms with Crippen molar-refractivity contribution in [2.24, 2.45) is 0 Å². The molecule has 0 saturated heterocycles. The molecule has 1 aliphatic rings. The zero-order valence-electron chi connectivity index (χ0n) is 9.58. The van der Waals surface area contributed by atoms with Gasteiger partial charge in [0, 0.05) is 0 Å². The van der Waals surface area contributed by atoms with Crippen molar-refractivity contribution in [3.63, 3.8) is 0 Å². The van der Waals surface area contributed by atoms with Crippen LogP contribution in [0.4, 0.5) is 4.39 Å². The maximum atomic E-state index is 13.2. The van der Waals surface area contributed by atoms with Crippen molar-refractivity contribution in [2.45, 2.75) is 18.8 Å². The molecule has 0 aromatic heterocycles. The molecule has 1 aliphatic carbocycles. The van der Waals surface area contributed by atoms with E-state index in [1.54, 1.807) is 12.1 Å². The average molecular weight is 249 g/mol. The van der Waals surface area contributed by atoms with E-state index in [0.29, 0.717) is 0 Å². The molecule has 0 radical (unpaired) electrons. The summed E-state index contributed by atoms with van der Waals surface area (Å²) in [6.45, 7) is 0.0689. The molecule has 1 aromatic rings. The van der Waals surface area contributed by atoms with Crippen LogP contribution in [0.2, 0.25) is 0 Å². The van der Waals surface area contributed by atoms with Crippen molar-refractivity contribution in [3.8, 4) is 0 Å². The molecular formula is C13H12FNO3. The number of allylic oxidation sites excluding steroid dienone is 2. The van der Waals surface area contributed by atoms with Crippen molar-refractivity contribution in [1.29, 1.82) is 0 Å². The zero-order valence-corrected chi connectivity index (χ0v) is 9.58. The van der Waals surface area contributed by atoms with Gasteiger partial charge in [-0.2, -0.15) is 0 Å². The quantitative estimate of drug-likeness (QED) is 0.468. The van der Waals surface area contributed by atoms with Crippen molar-refractivity contribution in [1.82, 2.24) is 0 Å². The number of nitro groups is 1. The molecule has 18 heavy (non-hydrogen) atoms. The van der Waals surface area contributed by atoms with Crippen LogP contribution in [0, 0.1) is 10.1 Å². The summed E-state index contributed by atoms with van der Waals surface area (Å²) in [7, 11) is 0. The lowest BCUT2D eigenvalue weighted by molar-refractivity contribution is -0.615. The molecule has 1 unspecified atom stereocenters. The van der Waals surface area contributed by atoms with Crippen LogP contribution in [0.1, 0.15) is 12.0 Å². The Balaban J connectivity index is 2.13. The van der Waals surface area contributed by atoms with Gasteiger partial charge in [0.05, 0.1) is 24.0 Å². The summed E-state index contributed by atoms with van der Waals surface area (Å²) < 4.78 is 18.5. The fourth-order valence-corrected chi connectivity index (χ4v) is 1.73. The zero-order chi connectivity index (χ0) is 13.0. The van der Waals surface area contributed by atoms with Crippen LogP contribution in [-0.2, 0) is 11.3 Å². The van der Waals surface area contributed by atoms with E-state index in [1.165, 1.54) is 12.2 Å². The van der Waals surface area contributed by atoms with Gasteiger partial charge in [0.2, 0.25) is 0 Å². The van der Waals surface area contributed by atoms with Gasteiger partial charge in [0.1, 0.15) is 5.83 Å². The molecule has 0 bridgehead atoms. The first-order valence-electron chi connectivity index (χ1n) is 5.50. The third kappa shape index (κ3) is 2.62. The van der Waals surface area contributed by atoms with E-state index in [0.717, 1.165) is 11.6 Å². The number of rotatable bonds is 4. The largest absolute Gasteiger partial charge is 0.351 e. The number of halogens is 1. The number of ether oxygens (including phenoxy) is 1. The highest BCUT2D eigenvalue weighted by molar-refractivity contribution is 5.21. The predicted octanol–water partition coefficient (Wildman–Crippen LogP) is 2.99. The van der Waals surface area contributed by atoms with E-state index in [-0.39, 0.29) is 13.0 Å². The van der Waals surface area contributed by atoms with Gasteiger partial charge < -0.3 is 4.74 Å². The molecule has 0 N–H and O–H groups in total. The van der Waals surface area contributed by atoms with E-state index < -0.39 is 16.5 Å². The molecule has 1 atom stereocenters. The smallest absolute Gasteiger partial charge is 0.306 e. The molecule has 5 heteroatoms. The summed E-state index contributed by atoms with van der Waals surface area (Å²) in [6.07, 6.45) is 3.55. The Morgan fingerprint density at radius 1 is 1.39 bits per heavy atom. The normalized spacial score (nSPS) is 22.6. The molecule has 0 heterocycles. The number of hydrogen-bond donors (Lipinski definition) is 0. The average Bonchev–Trinajstić information content (AvgIpc) is 2.37. The molecule has 94 valence electrons. The van der Waals surface area contributed by atoms with E-state index >= 15 is 0 Å². The van der Waals surface area contributed by atoms with Crippen LogP contribution < -0.4 is 0 Å². The summed E-state index contributed by atoms with van der Waals surface area (Å²) in [5.74, 6) is -0.647. The standard InChI is InChI=1S/C13H12FNO3/c14-12-7-4-8-13(9-12,15(16)17)18-10-11-5-2-1-3-6-11/h1-7,9H,8,10H2. The fraction of sp³-hybridized carbons (Fsp3) is 0.231. The van der Waals surface area contributed by atoms with Crippen LogP contribution in [0.15, 0.2) is 54.4 Å². The third-order valence-electron chi connectivity index (χ3n) is 2.69. The van der Waals surface area contributed by atoms with Crippen molar-refractivity contribution >= 4 is 0 Å². The fourth-order valence-electron chi connectivity index (χ4n) is 1.73. The summed E-state index contributed by atoms with van der Waals surface area (Å²) >= 11 is 0. The molecule has 1 aromatic carbocycles. The second-order valence-electron chi connectivity index (χ2n) is 4.01. The highest BCUT2D eigenvalue weighted by atomic mass is 19.1. The van der Waals surface area contributed by atoms with Gasteiger partial charge in [-0.25, -0.2) is 4.39 Å². The first-order valence-corrected chi connectivity index (χ1v) is 5.50. The molecule has 0 fully saturated rings. The second kappa shape index (κ2) is 5.10. The molecule has 4 nitrogen and oxygen atoms in total. The number of benzene rings is 1. The Kier molecular flexibility index (Phi) is 3.53. The minimum Gasteiger partial charge on any atom is -0.306 e. The van der Waals surface area contributed by atoms with Crippen LogP contribution in [-0.4, -0.2) is 10.6 Å². The van der Waals surface area contributed by atoms with Crippen molar-refractivity contribution in [2.75, 3.05) is 0 Å². The van der Waals surface area contributed by atoms with Crippen LogP contribution in [0.3, 0.4) is 0 Å². The summed E-state index contributed by atoms with van der Waals surface area (Å²) in [5, 5.41) is 11.1. The molecule has 0 amide bonds. The Labute approximate surface area is 104 Å². The lowest BCUT2D eigenvalue weighted by Crippen LogP contribution is -2.40. The summed E-state index contributed by atoms with van der Waals surface area (Å²) in [5.41, 5.74) is -0.989. The van der Waals surface area contributed by atoms with E-state index in [9.17, 15) is 14.5 Å². The molecule has 0 spiro atoms. The summed E-state index contributed by atoms with van der Waals surface area (Å²) in [6, 6.07) is 9.07. The predicted molar refractivity (Wildman–Crippen MR) is 63.9 cm³/mol. The van der Waals surface area contributed by atoms with Gasteiger partial charge in [0.15, 0.2) is 0 Å². The lowest BCUT2D eigenvalue weighted by Gasteiger charge is -2.22. The van der Waals surface area contributed by atoms with Gasteiger partial charge in [-0.05, 0) is 11.6 Å². The number of nitrogens with zero attached hydrogens (tertiary/aromatic N) is 1. The minimum atomic E-state index is -1.80. The lowest BCUT2D eigenvalue weighted by atomic mass is 10.0. The first-order chi connectivity index (χ1) is 8.62. The maximum absolute atomic E-state index is 13.2. The van der Waals surface area contributed by atoms with Crippen LogP contribution >= 0.6 is 0 Å². The molecular weight excluding hydrogens is 237 g/mol. The van der Waals surface area contributed by atoms with Gasteiger partial charge in [0.25, 0.3) is 0 Å². The minimum absolute atomic E-state index is 0.0280. The third-order valence-corrected chi connectivity index (χ3v) is 2.69. The van der Waals surface area contributed by atoms with E-state index in [1.807, 2.05) is 18.2 Å². The Morgan fingerprint density at radius 3 is 2.72 bits per heavy atom. The van der Waals surface area contributed by atoms with Crippen molar-refractivity contribution < 1.29 is 14.1 Å². The second-order valence-corrected chi connectivity index (χ2v) is 4.01. The summed E-state index contributed by atoms with van der Waals surface area (Å²) in [4.78, 5) is 10.5. The topological polar surface area (TPSA) is 52.4 Å². The van der Waals surface area contributed by atoms with Crippen LogP contribution in [0.25, 0.3) is 0 Å². The van der Waals surface area contributed by atoms with E-state index in [2.05, 4.69) is 0 Å². The molecule has 0 aliphatic heterocycles. The Hall–Kier alpha value is -2.01. The highest BCUT2D eigenvalue weighted by Gasteiger charge is 2.43. The van der Waals surface area contributed by atoms with Gasteiger partial charge >= 0.3 is 5.72 Å². The van der Waals surface area contributed by atoms with Gasteiger partial charge in [-0.3, -0.25) is 10.1 Å². The Bertz CT molecular complexity index is 498. The van der Waals surface area contributed by atoms with Crippen molar-refractivity contribution in [3.05, 3.63) is 70.1 Å². The monoisotopic (exact) mass is 249 g/mol. The maximum Gasteiger partial charge on any atom is 0.351 e. The van der Waals surface area contributed by atoms with Crippen LogP contribution in [0.5, 0.6) is 0 Å². The highest BCUT2D eigenvalue weighted by Crippen LogP contribution is 2.27. The van der Waals surface area contributed by atoms with E-state index in [4.69, 9.17) is 4.74 Å². The first kappa shape index (κ1) is 12.4.